The molecule has 2 aromatic carbocycles. The SMILES string of the molecule is OCC(O)COc1ccc(-c2ccc(OCC(O)CO)c(C(F)(F)C(F)(F)C(F)(F)C(F)(F)F)c2)cc1. The number of hydrogen-bond acceptors (Lipinski definition) is 6. The molecule has 2 unspecified atom stereocenters. The fourth-order valence-corrected chi connectivity index (χ4v) is 2.85. The Morgan fingerprint density at radius 3 is 1.62 bits per heavy atom. The number of halogens is 9. The van der Waals surface area contributed by atoms with Crippen LogP contribution in [0, 0.1) is 0 Å². The fraction of sp³-hybridized carbons (Fsp3) is 0.455. The van der Waals surface area contributed by atoms with Crippen molar-refractivity contribution < 1.29 is 69.4 Å². The van der Waals surface area contributed by atoms with Gasteiger partial charge >= 0.3 is 23.9 Å². The maximum absolute atomic E-state index is 14.8. The zero-order valence-electron chi connectivity index (χ0n) is 18.5. The van der Waals surface area contributed by atoms with Gasteiger partial charge < -0.3 is 29.9 Å². The third-order valence-electron chi connectivity index (χ3n) is 4.95. The van der Waals surface area contributed by atoms with E-state index >= 15 is 0 Å². The fourth-order valence-electron chi connectivity index (χ4n) is 2.85. The van der Waals surface area contributed by atoms with Crippen LogP contribution in [-0.2, 0) is 5.92 Å². The minimum absolute atomic E-state index is 0.0138. The number of alkyl halides is 9. The molecular formula is C22H21F9O6. The molecule has 2 rings (SSSR count). The Balaban J connectivity index is 2.55. The van der Waals surface area contributed by atoms with Crippen molar-refractivity contribution in [3.63, 3.8) is 0 Å². The van der Waals surface area contributed by atoms with Gasteiger partial charge in [-0.1, -0.05) is 18.2 Å². The van der Waals surface area contributed by atoms with E-state index in [0.29, 0.717) is 6.07 Å². The van der Waals surface area contributed by atoms with Gasteiger partial charge in [0.25, 0.3) is 0 Å². The number of aliphatic hydroxyl groups excluding tert-OH is 4. The third-order valence-corrected chi connectivity index (χ3v) is 4.95. The van der Waals surface area contributed by atoms with Crippen LogP contribution in [0.5, 0.6) is 11.5 Å². The second-order valence-corrected chi connectivity index (χ2v) is 7.75. The number of ether oxygens (including phenoxy) is 2. The average molecular weight is 552 g/mol. The van der Waals surface area contributed by atoms with E-state index in [9.17, 15) is 49.7 Å². The Hall–Kier alpha value is -2.75. The molecule has 0 bridgehead atoms. The van der Waals surface area contributed by atoms with Gasteiger partial charge in [0.15, 0.2) is 0 Å². The van der Waals surface area contributed by atoms with E-state index in [-0.39, 0.29) is 29.5 Å². The van der Waals surface area contributed by atoms with Crippen molar-refractivity contribution >= 4 is 0 Å². The standard InChI is InChI=1S/C22H21F9O6/c23-19(24,20(25,26)21(27,28)22(29,30)31)17-7-13(3-6-18(17)37-11-15(35)9-33)12-1-4-16(5-2-12)36-10-14(34)8-32/h1-7,14-15,32-35H,8-11H2. The van der Waals surface area contributed by atoms with E-state index in [0.717, 1.165) is 6.07 Å². The van der Waals surface area contributed by atoms with Crippen LogP contribution in [0.15, 0.2) is 42.5 Å². The molecule has 0 saturated carbocycles. The lowest BCUT2D eigenvalue weighted by atomic mass is 9.93. The van der Waals surface area contributed by atoms with Crippen LogP contribution in [0.2, 0.25) is 0 Å². The van der Waals surface area contributed by atoms with E-state index in [2.05, 4.69) is 0 Å². The molecule has 0 aliphatic heterocycles. The highest BCUT2D eigenvalue weighted by molar-refractivity contribution is 5.67. The highest BCUT2D eigenvalue weighted by Crippen LogP contribution is 2.58. The predicted octanol–water partition coefficient (Wildman–Crippen LogP) is 3.74. The Labute approximate surface area is 203 Å². The van der Waals surface area contributed by atoms with Crippen LogP contribution in [0.3, 0.4) is 0 Å². The molecule has 6 nitrogen and oxygen atoms in total. The highest BCUT2D eigenvalue weighted by Gasteiger charge is 2.82. The molecule has 2 aromatic rings. The van der Waals surface area contributed by atoms with Gasteiger partial charge in [0.2, 0.25) is 0 Å². The second-order valence-electron chi connectivity index (χ2n) is 7.75. The lowest BCUT2D eigenvalue weighted by Crippen LogP contribution is -2.59. The number of hydrogen-bond donors (Lipinski definition) is 4. The summed E-state index contributed by atoms with van der Waals surface area (Å²) in [6.07, 6.45) is -9.95. The summed E-state index contributed by atoms with van der Waals surface area (Å²) in [5.41, 5.74) is -2.34. The van der Waals surface area contributed by atoms with Gasteiger partial charge in [0.05, 0.1) is 18.8 Å². The van der Waals surface area contributed by atoms with Crippen LogP contribution < -0.4 is 9.47 Å². The molecule has 0 saturated heterocycles. The van der Waals surface area contributed by atoms with Gasteiger partial charge in [-0.3, -0.25) is 0 Å². The summed E-state index contributed by atoms with van der Waals surface area (Å²) in [5, 5.41) is 36.2. The second kappa shape index (κ2) is 11.3. The topological polar surface area (TPSA) is 99.4 Å². The quantitative estimate of drug-likeness (QED) is 0.300. The average Bonchev–Trinajstić information content (AvgIpc) is 2.84. The summed E-state index contributed by atoms with van der Waals surface area (Å²) in [6, 6.07) is 6.73. The van der Waals surface area contributed by atoms with E-state index in [1.54, 1.807) is 0 Å². The van der Waals surface area contributed by atoms with Crippen molar-refractivity contribution in [2.75, 3.05) is 26.4 Å². The molecule has 0 aliphatic carbocycles. The van der Waals surface area contributed by atoms with E-state index in [1.807, 2.05) is 0 Å². The van der Waals surface area contributed by atoms with E-state index in [4.69, 9.17) is 19.7 Å². The molecule has 2 atom stereocenters. The van der Waals surface area contributed by atoms with Gasteiger partial charge in [0, 0.05) is 0 Å². The van der Waals surface area contributed by atoms with Gasteiger partial charge in [-0.15, -0.1) is 0 Å². The molecular weight excluding hydrogens is 531 g/mol. The summed E-state index contributed by atoms with van der Waals surface area (Å²) in [4.78, 5) is 0. The van der Waals surface area contributed by atoms with Crippen LogP contribution in [-0.4, -0.2) is 77.1 Å². The molecule has 0 fully saturated rings. The van der Waals surface area contributed by atoms with Gasteiger partial charge in [-0.2, -0.15) is 39.5 Å². The Morgan fingerprint density at radius 1 is 0.649 bits per heavy atom. The molecule has 15 heteroatoms. The minimum Gasteiger partial charge on any atom is -0.491 e. The van der Waals surface area contributed by atoms with Crippen LogP contribution in [0.4, 0.5) is 39.5 Å². The van der Waals surface area contributed by atoms with Crippen LogP contribution >= 0.6 is 0 Å². The summed E-state index contributed by atoms with van der Waals surface area (Å²) < 4.78 is 133. The van der Waals surface area contributed by atoms with E-state index in [1.165, 1.54) is 24.3 Å². The maximum atomic E-state index is 14.8. The monoisotopic (exact) mass is 552 g/mol. The van der Waals surface area contributed by atoms with Crippen LogP contribution in [0.25, 0.3) is 11.1 Å². The van der Waals surface area contributed by atoms with Gasteiger partial charge in [-0.25, -0.2) is 0 Å². The molecule has 0 spiro atoms. The van der Waals surface area contributed by atoms with Crippen molar-refractivity contribution in [3.8, 4) is 22.6 Å². The first kappa shape index (κ1) is 30.5. The predicted molar refractivity (Wildman–Crippen MR) is 109 cm³/mol. The Kier molecular flexibility index (Phi) is 9.33. The molecule has 208 valence electrons. The largest absolute Gasteiger partial charge is 0.491 e. The van der Waals surface area contributed by atoms with Crippen LogP contribution in [0.1, 0.15) is 5.56 Å². The zero-order valence-corrected chi connectivity index (χ0v) is 18.5. The smallest absolute Gasteiger partial charge is 0.460 e. The van der Waals surface area contributed by atoms with Crippen molar-refractivity contribution in [3.05, 3.63) is 48.0 Å². The Morgan fingerprint density at radius 2 is 1.14 bits per heavy atom. The summed E-state index contributed by atoms with van der Waals surface area (Å²) in [5.74, 6) is -21.4. The molecule has 4 N–H and O–H groups in total. The first-order chi connectivity index (χ1) is 17.0. The summed E-state index contributed by atoms with van der Waals surface area (Å²) in [7, 11) is 0. The van der Waals surface area contributed by atoms with Gasteiger partial charge in [0.1, 0.15) is 36.9 Å². The van der Waals surface area contributed by atoms with Crippen molar-refractivity contribution in [2.24, 2.45) is 0 Å². The number of benzene rings is 2. The maximum Gasteiger partial charge on any atom is 0.460 e. The molecule has 0 amide bonds. The highest BCUT2D eigenvalue weighted by atomic mass is 19.4. The number of rotatable bonds is 12. The first-order valence-corrected chi connectivity index (χ1v) is 10.3. The van der Waals surface area contributed by atoms with Crippen molar-refractivity contribution in [1.29, 1.82) is 0 Å². The van der Waals surface area contributed by atoms with Gasteiger partial charge in [-0.05, 0) is 35.4 Å². The van der Waals surface area contributed by atoms with E-state index < -0.39 is 67.3 Å². The molecule has 0 heterocycles. The lowest BCUT2D eigenvalue weighted by molar-refractivity contribution is -0.399. The normalized spacial score (nSPS) is 14.8. The lowest BCUT2D eigenvalue weighted by Gasteiger charge is -2.34. The molecule has 0 radical (unpaired) electrons. The number of aliphatic hydroxyl groups is 4. The molecule has 0 aliphatic rings. The summed E-state index contributed by atoms with van der Waals surface area (Å²) >= 11 is 0. The minimum atomic E-state index is -7.14. The molecule has 37 heavy (non-hydrogen) atoms. The first-order valence-electron chi connectivity index (χ1n) is 10.3. The Bertz CT molecular complexity index is 1030. The zero-order chi connectivity index (χ0) is 28.2. The third kappa shape index (κ3) is 6.40. The van der Waals surface area contributed by atoms with Crippen molar-refractivity contribution in [2.45, 2.75) is 36.2 Å². The van der Waals surface area contributed by atoms with Crippen molar-refractivity contribution in [1.82, 2.24) is 0 Å². The molecule has 0 aromatic heterocycles. The summed E-state index contributed by atoms with van der Waals surface area (Å²) in [6.45, 7) is -2.86.